The molecule has 1 aliphatic heterocycles. The molecule has 0 atom stereocenters. The second-order valence-corrected chi connectivity index (χ2v) is 9.06. The molecule has 0 fully saturated rings. The van der Waals surface area contributed by atoms with E-state index in [1.165, 1.54) is 17.3 Å². The molecular weight excluding hydrogens is 514 g/mol. The van der Waals surface area contributed by atoms with Crippen LogP contribution >= 0.6 is 11.6 Å². The molecule has 198 valence electrons. The van der Waals surface area contributed by atoms with Gasteiger partial charge in [-0.25, -0.2) is 13.8 Å². The van der Waals surface area contributed by atoms with Crippen molar-refractivity contribution in [3.63, 3.8) is 0 Å². The number of nitrogens with one attached hydrogen (secondary N) is 3. The summed E-state index contributed by atoms with van der Waals surface area (Å²) in [5, 5.41) is 8.33. The quantitative estimate of drug-likeness (QED) is 0.348. The van der Waals surface area contributed by atoms with Crippen molar-refractivity contribution in [2.24, 2.45) is 0 Å². The maximum atomic E-state index is 14.7. The Morgan fingerprint density at radius 2 is 1.97 bits per heavy atom. The number of rotatable bonds is 9. The first kappa shape index (κ1) is 27.3. The molecule has 3 aromatic rings. The smallest absolute Gasteiger partial charge is 0.254 e. The number of fused-ring (bicyclic) bond motifs is 1. The van der Waals surface area contributed by atoms with Crippen LogP contribution in [0, 0.1) is 24.0 Å². The van der Waals surface area contributed by atoms with Crippen LogP contribution in [-0.4, -0.2) is 60.7 Å². The molecule has 1 amide bonds. The van der Waals surface area contributed by atoms with Crippen LogP contribution in [0.4, 0.5) is 31.9 Å². The Balaban J connectivity index is 1.54. The van der Waals surface area contributed by atoms with Gasteiger partial charge in [-0.15, -0.1) is 6.42 Å². The lowest BCUT2D eigenvalue weighted by Gasteiger charge is -2.18. The van der Waals surface area contributed by atoms with Crippen molar-refractivity contribution in [1.82, 2.24) is 20.2 Å². The fraction of sp³-hybridized carbons (Fsp3) is 0.296. The van der Waals surface area contributed by atoms with Gasteiger partial charge < -0.3 is 25.6 Å². The molecule has 0 aliphatic carbocycles. The first-order chi connectivity index (χ1) is 18.4. The minimum absolute atomic E-state index is 0.0317. The van der Waals surface area contributed by atoms with Gasteiger partial charge in [-0.2, -0.15) is 4.98 Å². The van der Waals surface area contributed by atoms with Crippen molar-refractivity contribution in [3.8, 4) is 12.3 Å². The van der Waals surface area contributed by atoms with Crippen molar-refractivity contribution in [2.75, 3.05) is 50.5 Å². The van der Waals surface area contributed by atoms with E-state index < -0.39 is 17.5 Å². The zero-order valence-corrected chi connectivity index (χ0v) is 21.5. The van der Waals surface area contributed by atoms with E-state index in [2.05, 4.69) is 48.9 Å². The van der Waals surface area contributed by atoms with Crippen LogP contribution in [0.1, 0.15) is 21.5 Å². The zero-order valence-electron chi connectivity index (χ0n) is 20.8. The Kier molecular flexibility index (Phi) is 9.07. The third-order valence-electron chi connectivity index (χ3n) is 6.11. The van der Waals surface area contributed by atoms with Crippen molar-refractivity contribution < 1.29 is 18.3 Å². The summed E-state index contributed by atoms with van der Waals surface area (Å²) in [6.07, 6.45) is 8.36. The minimum atomic E-state index is -0.995. The van der Waals surface area contributed by atoms with Gasteiger partial charge in [-0.1, -0.05) is 23.6 Å². The highest BCUT2D eigenvalue weighted by Crippen LogP contribution is 2.30. The molecule has 0 saturated carbocycles. The van der Waals surface area contributed by atoms with E-state index in [9.17, 15) is 13.6 Å². The van der Waals surface area contributed by atoms with Crippen LogP contribution in [0.3, 0.4) is 0 Å². The van der Waals surface area contributed by atoms with Gasteiger partial charge in [0.2, 0.25) is 5.95 Å². The average Bonchev–Trinajstić information content (AvgIpc) is 3.11. The Labute approximate surface area is 224 Å². The number of amides is 1. The van der Waals surface area contributed by atoms with E-state index in [0.29, 0.717) is 12.7 Å². The van der Waals surface area contributed by atoms with Gasteiger partial charge in [0.05, 0.1) is 30.6 Å². The summed E-state index contributed by atoms with van der Waals surface area (Å²) in [4.78, 5) is 23.4. The van der Waals surface area contributed by atoms with E-state index >= 15 is 0 Å². The van der Waals surface area contributed by atoms with Crippen LogP contribution in [-0.2, 0) is 17.6 Å². The molecule has 38 heavy (non-hydrogen) atoms. The normalized spacial score (nSPS) is 13.2. The molecule has 3 N–H and O–H groups in total. The maximum absolute atomic E-state index is 14.7. The van der Waals surface area contributed by atoms with Crippen LogP contribution in [0.15, 0.2) is 36.5 Å². The van der Waals surface area contributed by atoms with Crippen molar-refractivity contribution in [2.45, 2.75) is 12.8 Å². The fourth-order valence-electron chi connectivity index (χ4n) is 4.16. The summed E-state index contributed by atoms with van der Waals surface area (Å²) in [7, 11) is 1.71. The van der Waals surface area contributed by atoms with Crippen molar-refractivity contribution >= 4 is 40.6 Å². The van der Waals surface area contributed by atoms with Gasteiger partial charge in [0.1, 0.15) is 16.7 Å². The number of carbonyl (C=O) groups excluding carboxylic acids is 1. The van der Waals surface area contributed by atoms with Gasteiger partial charge >= 0.3 is 0 Å². The van der Waals surface area contributed by atoms with Gasteiger partial charge in [-0.05, 0) is 42.2 Å². The molecular formula is C27H27ClF2N6O2. The number of carbonyl (C=O) groups is 1. The number of halogens is 3. The second-order valence-electron chi connectivity index (χ2n) is 8.66. The Morgan fingerprint density at radius 3 is 2.74 bits per heavy atom. The summed E-state index contributed by atoms with van der Waals surface area (Å²) >= 11 is 6.26. The van der Waals surface area contributed by atoms with E-state index in [-0.39, 0.29) is 34.6 Å². The first-order valence-electron chi connectivity index (χ1n) is 12.0. The number of ether oxygens (including phenoxy) is 1. The molecule has 0 unspecified atom stereocenters. The minimum Gasteiger partial charge on any atom is -0.383 e. The summed E-state index contributed by atoms with van der Waals surface area (Å²) in [6.45, 7) is 3.40. The molecule has 1 aromatic heterocycles. The molecule has 0 spiro atoms. The highest BCUT2D eigenvalue weighted by Gasteiger charge is 2.20. The summed E-state index contributed by atoms with van der Waals surface area (Å²) < 4.78 is 33.8. The molecule has 2 aromatic carbocycles. The van der Waals surface area contributed by atoms with Crippen LogP contribution in [0.25, 0.3) is 0 Å². The number of hydrogen-bond donors (Lipinski definition) is 3. The second kappa shape index (κ2) is 12.6. The van der Waals surface area contributed by atoms with Crippen LogP contribution in [0.2, 0.25) is 5.02 Å². The highest BCUT2D eigenvalue weighted by molar-refractivity contribution is 6.33. The van der Waals surface area contributed by atoms with Gasteiger partial charge in [0.25, 0.3) is 5.91 Å². The van der Waals surface area contributed by atoms with Gasteiger partial charge in [0.15, 0.2) is 5.82 Å². The zero-order chi connectivity index (χ0) is 27.1. The predicted molar refractivity (Wildman–Crippen MR) is 143 cm³/mol. The van der Waals surface area contributed by atoms with Crippen molar-refractivity contribution in [1.29, 1.82) is 0 Å². The lowest BCUT2D eigenvalue weighted by atomic mass is 10.0. The number of benzene rings is 2. The Bertz CT molecular complexity index is 1360. The summed E-state index contributed by atoms with van der Waals surface area (Å²) in [5.41, 5.74) is 2.72. The maximum Gasteiger partial charge on any atom is 0.254 e. The van der Waals surface area contributed by atoms with Crippen LogP contribution < -0.4 is 16.0 Å². The van der Waals surface area contributed by atoms with Gasteiger partial charge in [-0.3, -0.25) is 4.79 Å². The lowest BCUT2D eigenvalue weighted by Crippen LogP contribution is -2.29. The monoisotopic (exact) mass is 540 g/mol. The number of terminal acetylenes is 1. The van der Waals surface area contributed by atoms with E-state index in [4.69, 9.17) is 22.8 Å². The third kappa shape index (κ3) is 6.75. The van der Waals surface area contributed by atoms with E-state index in [1.54, 1.807) is 7.11 Å². The fourth-order valence-corrected chi connectivity index (χ4v) is 4.30. The average molecular weight is 541 g/mol. The SMILES string of the molecule is C#CCNC(=O)c1cc(F)cc(F)c1Nc1nc(Nc2ccc3c(c2)CCN(CCOC)CC3)ncc1Cl. The molecule has 0 saturated heterocycles. The van der Waals surface area contributed by atoms with E-state index in [0.717, 1.165) is 44.2 Å². The molecule has 1 aliphatic rings. The van der Waals surface area contributed by atoms with Crippen molar-refractivity contribution in [3.05, 3.63) is 69.9 Å². The number of anilines is 4. The summed E-state index contributed by atoms with van der Waals surface area (Å²) in [5.74, 6) is -0.188. The lowest BCUT2D eigenvalue weighted by molar-refractivity contribution is 0.0958. The van der Waals surface area contributed by atoms with Crippen LogP contribution in [0.5, 0.6) is 0 Å². The Morgan fingerprint density at radius 1 is 1.18 bits per heavy atom. The third-order valence-corrected chi connectivity index (χ3v) is 6.38. The molecule has 0 radical (unpaired) electrons. The molecule has 2 heterocycles. The Hall–Kier alpha value is -3.78. The highest BCUT2D eigenvalue weighted by atomic mass is 35.5. The number of nitrogens with zero attached hydrogens (tertiary/aromatic N) is 3. The predicted octanol–water partition coefficient (Wildman–Crippen LogP) is 4.31. The number of hydrogen-bond acceptors (Lipinski definition) is 7. The van der Waals surface area contributed by atoms with E-state index in [1.807, 2.05) is 6.07 Å². The standard InChI is InChI=1S/C27H27ClF2N6O2/c1-3-8-31-26(37)21-14-19(29)15-23(30)24(21)34-25-22(28)16-32-27(35-25)33-20-5-4-17-6-9-36(11-12-38-2)10-7-18(17)13-20/h1,4-5,13-16H,6-12H2,2H3,(H,31,37)(H2,32,33,34,35). The largest absolute Gasteiger partial charge is 0.383 e. The van der Waals surface area contributed by atoms with Gasteiger partial charge in [0, 0.05) is 38.5 Å². The number of aromatic nitrogens is 2. The summed E-state index contributed by atoms with van der Waals surface area (Å²) in [6, 6.07) is 7.65. The first-order valence-corrected chi connectivity index (χ1v) is 12.4. The molecule has 4 rings (SSSR count). The topological polar surface area (TPSA) is 91.4 Å². The molecule has 11 heteroatoms. The number of methoxy groups -OCH3 is 1. The molecule has 8 nitrogen and oxygen atoms in total. The molecule has 0 bridgehead atoms.